The van der Waals surface area contributed by atoms with Gasteiger partial charge >= 0.3 is 6.03 Å². The van der Waals surface area contributed by atoms with Crippen molar-refractivity contribution in [1.82, 2.24) is 5.32 Å². The van der Waals surface area contributed by atoms with E-state index < -0.39 is 16.1 Å². The smallest absolute Gasteiger partial charge is 0.319 e. The maximum atomic E-state index is 11.2. The minimum atomic E-state index is -3.84. The molecule has 0 fully saturated rings. The topological polar surface area (TPSA) is 101 Å². The first-order valence-electron chi connectivity index (χ1n) is 4.62. The second kappa shape index (κ2) is 4.95. The van der Waals surface area contributed by atoms with Crippen LogP contribution in [-0.2, 0) is 10.0 Å². The van der Waals surface area contributed by atoms with E-state index in [1.54, 1.807) is 13.0 Å². The Hall–Kier alpha value is -1.60. The number of hydrogen-bond acceptors (Lipinski definition) is 3. The van der Waals surface area contributed by atoms with Gasteiger partial charge < -0.3 is 10.6 Å². The molecule has 0 aromatic heterocycles. The lowest BCUT2D eigenvalue weighted by molar-refractivity contribution is 0.252. The van der Waals surface area contributed by atoms with Gasteiger partial charge in [-0.05, 0) is 19.1 Å². The lowest BCUT2D eigenvalue weighted by atomic mass is 10.3. The van der Waals surface area contributed by atoms with E-state index in [1.807, 2.05) is 0 Å². The van der Waals surface area contributed by atoms with Crippen LogP contribution in [-0.4, -0.2) is 21.0 Å². The molecule has 6 nitrogen and oxygen atoms in total. The third kappa shape index (κ3) is 3.21. The summed E-state index contributed by atoms with van der Waals surface area (Å²) in [6, 6.07) is 5.46. The molecule has 0 aliphatic carbocycles. The molecular formula is C9H13N3O3S. The highest BCUT2D eigenvalue weighted by atomic mass is 32.2. The molecule has 0 heterocycles. The zero-order chi connectivity index (χ0) is 12.2. The lowest BCUT2D eigenvalue weighted by Gasteiger charge is -2.09. The normalized spacial score (nSPS) is 10.9. The Kier molecular flexibility index (Phi) is 3.86. The quantitative estimate of drug-likeness (QED) is 0.719. The number of primary sulfonamides is 1. The fraction of sp³-hybridized carbons (Fsp3) is 0.222. The van der Waals surface area contributed by atoms with Crippen LogP contribution in [0, 0.1) is 0 Å². The fourth-order valence-corrected chi connectivity index (χ4v) is 1.84. The molecule has 88 valence electrons. The van der Waals surface area contributed by atoms with Crippen molar-refractivity contribution in [1.29, 1.82) is 0 Å². The average molecular weight is 243 g/mol. The molecule has 1 aromatic rings. The van der Waals surface area contributed by atoms with Crippen molar-refractivity contribution in [2.45, 2.75) is 11.8 Å². The average Bonchev–Trinajstić information content (AvgIpc) is 2.17. The second-order valence-electron chi connectivity index (χ2n) is 3.03. The van der Waals surface area contributed by atoms with Crippen LogP contribution < -0.4 is 15.8 Å². The van der Waals surface area contributed by atoms with Crippen molar-refractivity contribution in [3.63, 3.8) is 0 Å². The Balaban J connectivity index is 3.01. The Morgan fingerprint density at radius 1 is 1.38 bits per heavy atom. The van der Waals surface area contributed by atoms with Crippen LogP contribution in [0.5, 0.6) is 0 Å². The first-order valence-corrected chi connectivity index (χ1v) is 6.16. The maximum absolute atomic E-state index is 11.2. The van der Waals surface area contributed by atoms with Crippen LogP contribution in [0.2, 0.25) is 0 Å². The van der Waals surface area contributed by atoms with Crippen molar-refractivity contribution in [3.05, 3.63) is 24.3 Å². The molecule has 0 atom stereocenters. The standard InChI is InChI=1S/C9H13N3O3S/c1-2-11-9(13)12-7-5-3-4-6-8(7)16(10,14)15/h3-6H,2H2,1H3,(H2,10,14,15)(H2,11,12,13). The summed E-state index contributed by atoms with van der Waals surface area (Å²) in [5.74, 6) is 0. The molecule has 4 N–H and O–H groups in total. The summed E-state index contributed by atoms with van der Waals surface area (Å²) in [6.45, 7) is 2.20. The van der Waals surface area contributed by atoms with Gasteiger partial charge in [0.2, 0.25) is 10.0 Å². The number of carbonyl (C=O) groups is 1. The fourth-order valence-electron chi connectivity index (χ4n) is 1.15. The van der Waals surface area contributed by atoms with Crippen LogP contribution in [0.1, 0.15) is 6.92 Å². The van der Waals surface area contributed by atoms with Gasteiger partial charge in [-0.1, -0.05) is 12.1 Å². The van der Waals surface area contributed by atoms with Crippen LogP contribution >= 0.6 is 0 Å². The minimum absolute atomic E-state index is 0.110. The first kappa shape index (κ1) is 12.5. The summed E-state index contributed by atoms with van der Waals surface area (Å²) in [4.78, 5) is 11.1. The zero-order valence-corrected chi connectivity index (χ0v) is 9.54. The maximum Gasteiger partial charge on any atom is 0.319 e. The van der Waals surface area contributed by atoms with Crippen molar-refractivity contribution in [3.8, 4) is 0 Å². The second-order valence-corrected chi connectivity index (χ2v) is 4.56. The van der Waals surface area contributed by atoms with Crippen LogP contribution in [0.4, 0.5) is 10.5 Å². The molecule has 0 bridgehead atoms. The summed E-state index contributed by atoms with van der Waals surface area (Å²) < 4.78 is 22.4. The molecule has 2 amide bonds. The molecule has 16 heavy (non-hydrogen) atoms. The molecule has 1 rings (SSSR count). The van der Waals surface area contributed by atoms with Crippen LogP contribution in [0.3, 0.4) is 0 Å². The van der Waals surface area contributed by atoms with E-state index in [0.717, 1.165) is 0 Å². The number of benzene rings is 1. The van der Waals surface area contributed by atoms with Gasteiger partial charge in [0.15, 0.2) is 0 Å². The Morgan fingerprint density at radius 2 is 2.00 bits per heavy atom. The molecule has 0 unspecified atom stereocenters. The van der Waals surface area contributed by atoms with Crippen molar-refractivity contribution < 1.29 is 13.2 Å². The predicted octanol–water partition coefficient (Wildman–Crippen LogP) is 0.475. The third-order valence-electron chi connectivity index (χ3n) is 1.78. The van der Waals surface area contributed by atoms with Crippen LogP contribution in [0.25, 0.3) is 0 Å². The van der Waals surface area contributed by atoms with Crippen molar-refractivity contribution in [2.24, 2.45) is 5.14 Å². The summed E-state index contributed by atoms with van der Waals surface area (Å²) in [7, 11) is -3.84. The molecule has 0 aliphatic rings. The van der Waals surface area contributed by atoms with Gasteiger partial charge in [0.25, 0.3) is 0 Å². The van der Waals surface area contributed by atoms with Gasteiger partial charge in [-0.15, -0.1) is 0 Å². The summed E-state index contributed by atoms with van der Waals surface area (Å²) >= 11 is 0. The van der Waals surface area contributed by atoms with Crippen LogP contribution in [0.15, 0.2) is 29.2 Å². The molecule has 0 radical (unpaired) electrons. The van der Waals surface area contributed by atoms with Gasteiger partial charge in [-0.2, -0.15) is 0 Å². The Labute approximate surface area is 93.9 Å². The number of sulfonamides is 1. The molecule has 7 heteroatoms. The summed E-state index contributed by atoms with van der Waals surface area (Å²) in [6.07, 6.45) is 0. The third-order valence-corrected chi connectivity index (χ3v) is 2.75. The van der Waals surface area contributed by atoms with Gasteiger partial charge in [0, 0.05) is 6.54 Å². The highest BCUT2D eigenvalue weighted by Crippen LogP contribution is 2.18. The van der Waals surface area contributed by atoms with Gasteiger partial charge in [0.1, 0.15) is 4.90 Å². The molecule has 0 saturated carbocycles. The number of nitrogens with one attached hydrogen (secondary N) is 2. The lowest BCUT2D eigenvalue weighted by Crippen LogP contribution is -2.29. The highest BCUT2D eigenvalue weighted by molar-refractivity contribution is 7.89. The number of para-hydroxylation sites is 1. The number of amides is 2. The van der Waals surface area contributed by atoms with E-state index in [-0.39, 0.29) is 10.6 Å². The molecule has 0 aliphatic heterocycles. The monoisotopic (exact) mass is 243 g/mol. The largest absolute Gasteiger partial charge is 0.338 e. The van der Waals surface area contributed by atoms with E-state index in [1.165, 1.54) is 18.2 Å². The zero-order valence-electron chi connectivity index (χ0n) is 8.73. The number of hydrogen-bond donors (Lipinski definition) is 3. The van der Waals surface area contributed by atoms with Crippen molar-refractivity contribution >= 4 is 21.7 Å². The number of urea groups is 1. The van der Waals surface area contributed by atoms with Gasteiger partial charge in [0.05, 0.1) is 5.69 Å². The van der Waals surface area contributed by atoms with Gasteiger partial charge in [-0.25, -0.2) is 18.4 Å². The van der Waals surface area contributed by atoms with E-state index in [2.05, 4.69) is 10.6 Å². The summed E-state index contributed by atoms with van der Waals surface area (Å²) in [5, 5.41) is 9.90. The van der Waals surface area contributed by atoms with Crippen molar-refractivity contribution in [2.75, 3.05) is 11.9 Å². The number of rotatable bonds is 3. The number of carbonyl (C=O) groups excluding carboxylic acids is 1. The van der Waals surface area contributed by atoms with E-state index in [4.69, 9.17) is 5.14 Å². The highest BCUT2D eigenvalue weighted by Gasteiger charge is 2.14. The predicted molar refractivity (Wildman–Crippen MR) is 60.5 cm³/mol. The first-order chi connectivity index (χ1) is 7.45. The van der Waals surface area contributed by atoms with E-state index >= 15 is 0 Å². The number of anilines is 1. The molecule has 0 saturated heterocycles. The number of nitrogens with two attached hydrogens (primary N) is 1. The van der Waals surface area contributed by atoms with E-state index in [0.29, 0.717) is 6.54 Å². The molecular weight excluding hydrogens is 230 g/mol. The Bertz CT molecular complexity index is 485. The Morgan fingerprint density at radius 3 is 2.56 bits per heavy atom. The summed E-state index contributed by atoms with van der Waals surface area (Å²) in [5.41, 5.74) is 0.163. The van der Waals surface area contributed by atoms with E-state index in [9.17, 15) is 13.2 Å². The SMILES string of the molecule is CCNC(=O)Nc1ccccc1S(N)(=O)=O. The minimum Gasteiger partial charge on any atom is -0.338 e. The van der Waals surface area contributed by atoms with Gasteiger partial charge in [-0.3, -0.25) is 0 Å². The molecule has 1 aromatic carbocycles. The molecule has 0 spiro atoms.